The average molecular weight is 216 g/mol. The Kier molecular flexibility index (Phi) is 9.57. The standard InChI is InChI=1S/C11H24N2S/c1-5-6-12-9-11(2)10-13(3)7-8-14-4/h12H,2,5-10H2,1,3-4H3. The Morgan fingerprint density at radius 1 is 1.50 bits per heavy atom. The molecule has 0 fully saturated rings. The Bertz CT molecular complexity index is 148. The van der Waals surface area contributed by atoms with Crippen LogP contribution in [0, 0.1) is 0 Å². The van der Waals surface area contributed by atoms with Crippen molar-refractivity contribution in [1.82, 2.24) is 10.2 Å². The summed E-state index contributed by atoms with van der Waals surface area (Å²) in [5.41, 5.74) is 1.28. The highest BCUT2D eigenvalue weighted by Crippen LogP contribution is 1.97. The lowest BCUT2D eigenvalue weighted by Gasteiger charge is -2.17. The second-order valence-electron chi connectivity index (χ2n) is 3.66. The zero-order chi connectivity index (χ0) is 10.8. The molecule has 0 spiro atoms. The Morgan fingerprint density at radius 3 is 2.79 bits per heavy atom. The molecule has 0 rings (SSSR count). The Balaban J connectivity index is 3.40. The highest BCUT2D eigenvalue weighted by molar-refractivity contribution is 7.98. The van der Waals surface area contributed by atoms with Gasteiger partial charge in [-0.3, -0.25) is 0 Å². The van der Waals surface area contributed by atoms with Gasteiger partial charge >= 0.3 is 0 Å². The van der Waals surface area contributed by atoms with Crippen LogP contribution in [0.4, 0.5) is 0 Å². The van der Waals surface area contributed by atoms with Crippen LogP contribution in [0.25, 0.3) is 0 Å². The molecule has 0 atom stereocenters. The minimum atomic E-state index is 0.956. The molecule has 0 unspecified atom stereocenters. The third kappa shape index (κ3) is 8.60. The molecule has 0 amide bonds. The predicted octanol–water partition coefficient (Wildman–Crippen LogP) is 1.84. The van der Waals surface area contributed by atoms with Gasteiger partial charge in [0.05, 0.1) is 0 Å². The predicted molar refractivity (Wildman–Crippen MR) is 68.2 cm³/mol. The molecule has 0 aromatic rings. The van der Waals surface area contributed by atoms with E-state index in [-0.39, 0.29) is 0 Å². The molecule has 0 aliphatic carbocycles. The number of hydrogen-bond donors (Lipinski definition) is 1. The fraction of sp³-hybridized carbons (Fsp3) is 0.818. The van der Waals surface area contributed by atoms with Crippen LogP contribution in [0.5, 0.6) is 0 Å². The molecule has 0 aliphatic heterocycles. The molecular formula is C11H24N2S. The van der Waals surface area contributed by atoms with Crippen molar-refractivity contribution in [2.24, 2.45) is 0 Å². The summed E-state index contributed by atoms with van der Waals surface area (Å²) in [5, 5.41) is 3.36. The van der Waals surface area contributed by atoms with Gasteiger partial charge in [-0.15, -0.1) is 0 Å². The molecular weight excluding hydrogens is 192 g/mol. The molecule has 0 aliphatic rings. The topological polar surface area (TPSA) is 15.3 Å². The highest BCUT2D eigenvalue weighted by Gasteiger charge is 1.99. The van der Waals surface area contributed by atoms with E-state index in [9.17, 15) is 0 Å². The number of nitrogens with zero attached hydrogens (tertiary/aromatic N) is 1. The Hall–Kier alpha value is 0.0100. The second-order valence-corrected chi connectivity index (χ2v) is 4.64. The summed E-state index contributed by atoms with van der Waals surface area (Å²) in [5.74, 6) is 1.20. The maximum Gasteiger partial charge on any atom is 0.0200 e. The van der Waals surface area contributed by atoms with E-state index in [1.807, 2.05) is 11.8 Å². The third-order valence-electron chi connectivity index (χ3n) is 1.97. The van der Waals surface area contributed by atoms with Crippen LogP contribution in [-0.4, -0.2) is 50.1 Å². The maximum atomic E-state index is 4.06. The summed E-state index contributed by atoms with van der Waals surface area (Å²) in [6.07, 6.45) is 3.33. The van der Waals surface area contributed by atoms with Crippen LogP contribution in [0.1, 0.15) is 13.3 Å². The van der Waals surface area contributed by atoms with Crippen molar-refractivity contribution >= 4 is 11.8 Å². The van der Waals surface area contributed by atoms with Crippen LogP contribution >= 0.6 is 11.8 Å². The first-order valence-electron chi connectivity index (χ1n) is 5.25. The van der Waals surface area contributed by atoms with Crippen LogP contribution in [-0.2, 0) is 0 Å². The molecule has 0 aromatic heterocycles. The number of likely N-dealkylation sites (N-methyl/N-ethyl adjacent to an activating group) is 1. The van der Waals surface area contributed by atoms with Crippen molar-refractivity contribution < 1.29 is 0 Å². The smallest absolute Gasteiger partial charge is 0.0200 e. The van der Waals surface area contributed by atoms with E-state index >= 15 is 0 Å². The molecule has 0 bridgehead atoms. The minimum Gasteiger partial charge on any atom is -0.313 e. The Morgan fingerprint density at radius 2 is 2.21 bits per heavy atom. The normalized spacial score (nSPS) is 10.9. The molecule has 84 valence electrons. The van der Waals surface area contributed by atoms with Gasteiger partial charge in [0.25, 0.3) is 0 Å². The molecule has 14 heavy (non-hydrogen) atoms. The largest absolute Gasteiger partial charge is 0.313 e. The molecule has 1 N–H and O–H groups in total. The number of nitrogens with one attached hydrogen (secondary N) is 1. The number of rotatable bonds is 9. The van der Waals surface area contributed by atoms with Gasteiger partial charge in [0.1, 0.15) is 0 Å². The molecule has 0 saturated heterocycles. The maximum absolute atomic E-state index is 4.06. The first-order chi connectivity index (χ1) is 6.70. The first-order valence-corrected chi connectivity index (χ1v) is 6.65. The Labute approximate surface area is 93.1 Å². The van der Waals surface area contributed by atoms with E-state index in [4.69, 9.17) is 0 Å². The van der Waals surface area contributed by atoms with Gasteiger partial charge in [-0.25, -0.2) is 0 Å². The zero-order valence-corrected chi connectivity index (χ0v) is 10.6. The third-order valence-corrected chi connectivity index (χ3v) is 2.56. The summed E-state index contributed by atoms with van der Waals surface area (Å²) in [4.78, 5) is 2.33. The van der Waals surface area contributed by atoms with Gasteiger partial charge in [-0.1, -0.05) is 13.5 Å². The van der Waals surface area contributed by atoms with Gasteiger partial charge in [0, 0.05) is 25.4 Å². The monoisotopic (exact) mass is 216 g/mol. The van der Waals surface area contributed by atoms with Crippen molar-refractivity contribution in [2.45, 2.75) is 13.3 Å². The van der Waals surface area contributed by atoms with Crippen molar-refractivity contribution in [3.05, 3.63) is 12.2 Å². The lowest BCUT2D eigenvalue weighted by molar-refractivity contribution is 0.383. The van der Waals surface area contributed by atoms with Gasteiger partial charge in [0.2, 0.25) is 0 Å². The molecule has 0 saturated carbocycles. The van der Waals surface area contributed by atoms with Crippen molar-refractivity contribution in [2.75, 3.05) is 45.2 Å². The molecule has 3 heteroatoms. The van der Waals surface area contributed by atoms with Crippen molar-refractivity contribution in [3.8, 4) is 0 Å². The molecule has 2 nitrogen and oxygen atoms in total. The van der Waals surface area contributed by atoms with Gasteiger partial charge in [-0.05, 0) is 31.8 Å². The first kappa shape index (κ1) is 14.0. The number of hydrogen-bond acceptors (Lipinski definition) is 3. The summed E-state index contributed by atoms with van der Waals surface area (Å²) in [7, 11) is 2.15. The second kappa shape index (κ2) is 9.56. The molecule has 0 heterocycles. The van der Waals surface area contributed by atoms with Crippen LogP contribution in [0.2, 0.25) is 0 Å². The lowest BCUT2D eigenvalue weighted by Crippen LogP contribution is -2.28. The van der Waals surface area contributed by atoms with Crippen LogP contribution < -0.4 is 5.32 Å². The van der Waals surface area contributed by atoms with E-state index in [1.54, 1.807) is 0 Å². The summed E-state index contributed by atoms with van der Waals surface area (Å²) >= 11 is 1.89. The fourth-order valence-corrected chi connectivity index (χ4v) is 1.70. The molecule has 0 radical (unpaired) electrons. The quantitative estimate of drug-likeness (QED) is 0.468. The molecule has 0 aromatic carbocycles. The summed E-state index contributed by atoms with van der Waals surface area (Å²) in [6, 6.07) is 0. The zero-order valence-electron chi connectivity index (χ0n) is 9.81. The van der Waals surface area contributed by atoms with Crippen LogP contribution in [0.3, 0.4) is 0 Å². The van der Waals surface area contributed by atoms with Gasteiger partial charge < -0.3 is 10.2 Å². The van der Waals surface area contributed by atoms with Crippen LogP contribution in [0.15, 0.2) is 12.2 Å². The van der Waals surface area contributed by atoms with Crippen molar-refractivity contribution in [3.63, 3.8) is 0 Å². The van der Waals surface area contributed by atoms with E-state index in [2.05, 4.69) is 37.0 Å². The SMILES string of the molecule is C=C(CNCCC)CN(C)CCSC. The van der Waals surface area contributed by atoms with Gasteiger partial charge in [-0.2, -0.15) is 11.8 Å². The minimum absolute atomic E-state index is 0.956. The van der Waals surface area contributed by atoms with E-state index < -0.39 is 0 Å². The fourth-order valence-electron chi connectivity index (χ4n) is 1.21. The van der Waals surface area contributed by atoms with Gasteiger partial charge in [0.15, 0.2) is 0 Å². The lowest BCUT2D eigenvalue weighted by atomic mass is 10.3. The average Bonchev–Trinajstić information content (AvgIpc) is 2.15. The number of thioether (sulfide) groups is 1. The summed E-state index contributed by atoms with van der Waals surface area (Å²) < 4.78 is 0. The highest BCUT2D eigenvalue weighted by atomic mass is 32.2. The van der Waals surface area contributed by atoms with Crippen molar-refractivity contribution in [1.29, 1.82) is 0 Å². The van der Waals surface area contributed by atoms with E-state index in [1.165, 1.54) is 17.7 Å². The van der Waals surface area contributed by atoms with E-state index in [0.29, 0.717) is 0 Å². The van der Waals surface area contributed by atoms with E-state index in [0.717, 1.165) is 26.2 Å². The summed E-state index contributed by atoms with van der Waals surface area (Å²) in [6.45, 7) is 10.4.